The summed E-state index contributed by atoms with van der Waals surface area (Å²) in [6, 6.07) is 8.33. The molecule has 0 amide bonds. The molecule has 1 aromatic rings. The number of rotatable bonds is 9. The minimum atomic E-state index is 0.143. The Morgan fingerprint density at radius 2 is 1.90 bits per heavy atom. The zero-order valence-corrected chi connectivity index (χ0v) is 14.0. The van der Waals surface area contributed by atoms with Crippen molar-refractivity contribution >= 4 is 0 Å². The van der Waals surface area contributed by atoms with E-state index in [1.165, 1.54) is 5.56 Å². The van der Waals surface area contributed by atoms with Crippen LogP contribution >= 0.6 is 0 Å². The van der Waals surface area contributed by atoms with Gasteiger partial charge in [-0.05, 0) is 45.0 Å². The molecular formula is C18H30N2O. The first kappa shape index (κ1) is 17.7. The molecule has 0 spiro atoms. The van der Waals surface area contributed by atoms with Gasteiger partial charge in [0.1, 0.15) is 12.4 Å². The van der Waals surface area contributed by atoms with E-state index in [9.17, 15) is 0 Å². The Kier molecular flexibility index (Phi) is 7.48. The molecule has 118 valence electrons. The molecule has 0 radical (unpaired) electrons. The molecule has 1 aromatic carbocycles. The van der Waals surface area contributed by atoms with Gasteiger partial charge in [-0.3, -0.25) is 4.90 Å². The van der Waals surface area contributed by atoms with Crippen molar-refractivity contribution in [2.75, 3.05) is 26.2 Å². The fraction of sp³-hybridized carbons (Fsp3) is 0.556. The van der Waals surface area contributed by atoms with E-state index in [1.54, 1.807) is 0 Å². The SMILES string of the molecule is C=CCN(CC)CCOc1ccc(CNC(C)(C)C)cc1. The Morgan fingerprint density at radius 1 is 1.24 bits per heavy atom. The Morgan fingerprint density at radius 3 is 2.43 bits per heavy atom. The van der Waals surface area contributed by atoms with Crippen molar-refractivity contribution in [3.05, 3.63) is 42.5 Å². The number of hydrogen-bond acceptors (Lipinski definition) is 3. The summed E-state index contributed by atoms with van der Waals surface area (Å²) >= 11 is 0. The molecule has 0 heterocycles. The van der Waals surface area contributed by atoms with Crippen molar-refractivity contribution in [1.82, 2.24) is 10.2 Å². The lowest BCUT2D eigenvalue weighted by Gasteiger charge is -2.20. The summed E-state index contributed by atoms with van der Waals surface area (Å²) in [5.74, 6) is 0.934. The zero-order valence-electron chi connectivity index (χ0n) is 14.0. The van der Waals surface area contributed by atoms with Crippen LogP contribution in [0.25, 0.3) is 0 Å². The van der Waals surface area contributed by atoms with Crippen LogP contribution in [0.2, 0.25) is 0 Å². The lowest BCUT2D eigenvalue weighted by molar-refractivity contribution is 0.229. The van der Waals surface area contributed by atoms with E-state index in [0.717, 1.165) is 31.9 Å². The summed E-state index contributed by atoms with van der Waals surface area (Å²) in [6.45, 7) is 16.9. The third kappa shape index (κ3) is 7.88. The highest BCUT2D eigenvalue weighted by Gasteiger charge is 2.08. The Bertz CT molecular complexity index is 406. The Hall–Kier alpha value is -1.32. The second kappa shape index (κ2) is 8.85. The number of nitrogens with one attached hydrogen (secondary N) is 1. The van der Waals surface area contributed by atoms with E-state index in [-0.39, 0.29) is 5.54 Å². The number of benzene rings is 1. The van der Waals surface area contributed by atoms with Gasteiger partial charge in [0.15, 0.2) is 0 Å². The topological polar surface area (TPSA) is 24.5 Å². The summed E-state index contributed by atoms with van der Waals surface area (Å²) < 4.78 is 5.79. The van der Waals surface area contributed by atoms with Crippen molar-refractivity contribution in [3.8, 4) is 5.75 Å². The molecule has 0 fully saturated rings. The van der Waals surface area contributed by atoms with Crippen LogP contribution in [0.15, 0.2) is 36.9 Å². The number of ether oxygens (including phenoxy) is 1. The lowest BCUT2D eigenvalue weighted by atomic mass is 10.1. The second-order valence-corrected chi connectivity index (χ2v) is 6.28. The third-order valence-corrected chi connectivity index (χ3v) is 3.26. The maximum Gasteiger partial charge on any atom is 0.119 e. The highest BCUT2D eigenvalue weighted by molar-refractivity contribution is 5.27. The minimum absolute atomic E-state index is 0.143. The molecule has 3 nitrogen and oxygen atoms in total. The molecule has 0 bridgehead atoms. The van der Waals surface area contributed by atoms with Gasteiger partial charge < -0.3 is 10.1 Å². The highest BCUT2D eigenvalue weighted by Crippen LogP contribution is 2.13. The van der Waals surface area contributed by atoms with Crippen LogP contribution in [0.5, 0.6) is 5.75 Å². The van der Waals surface area contributed by atoms with Crippen molar-refractivity contribution in [2.24, 2.45) is 0 Å². The van der Waals surface area contributed by atoms with Crippen LogP contribution in [0.3, 0.4) is 0 Å². The zero-order chi connectivity index (χ0) is 15.7. The van der Waals surface area contributed by atoms with Crippen LogP contribution in [0.4, 0.5) is 0 Å². The molecule has 0 aliphatic carbocycles. The van der Waals surface area contributed by atoms with Gasteiger partial charge in [0.05, 0.1) is 0 Å². The average molecular weight is 290 g/mol. The first-order valence-corrected chi connectivity index (χ1v) is 7.74. The predicted octanol–water partition coefficient (Wildman–Crippen LogP) is 3.46. The monoisotopic (exact) mass is 290 g/mol. The van der Waals surface area contributed by atoms with E-state index in [4.69, 9.17) is 4.74 Å². The van der Waals surface area contributed by atoms with Gasteiger partial charge in [-0.1, -0.05) is 25.1 Å². The Balaban J connectivity index is 2.35. The highest BCUT2D eigenvalue weighted by atomic mass is 16.5. The average Bonchev–Trinajstić information content (AvgIpc) is 2.44. The summed E-state index contributed by atoms with van der Waals surface area (Å²) in [7, 11) is 0. The molecule has 21 heavy (non-hydrogen) atoms. The standard InChI is InChI=1S/C18H30N2O/c1-6-12-20(7-2)13-14-21-17-10-8-16(9-11-17)15-19-18(3,4)5/h6,8-11,19H,1,7,12-15H2,2-5H3. The maximum absolute atomic E-state index is 5.79. The van der Waals surface area contributed by atoms with Crippen LogP contribution in [-0.4, -0.2) is 36.7 Å². The summed E-state index contributed by atoms with van der Waals surface area (Å²) in [5, 5.41) is 3.48. The number of likely N-dealkylation sites (N-methyl/N-ethyl adjacent to an activating group) is 1. The fourth-order valence-electron chi connectivity index (χ4n) is 1.92. The minimum Gasteiger partial charge on any atom is -0.492 e. The fourth-order valence-corrected chi connectivity index (χ4v) is 1.92. The van der Waals surface area contributed by atoms with Crippen molar-refractivity contribution in [3.63, 3.8) is 0 Å². The second-order valence-electron chi connectivity index (χ2n) is 6.28. The van der Waals surface area contributed by atoms with Gasteiger partial charge in [0, 0.05) is 25.2 Å². The molecule has 1 N–H and O–H groups in total. The molecule has 0 aliphatic heterocycles. The quantitative estimate of drug-likeness (QED) is 0.705. The molecule has 0 unspecified atom stereocenters. The van der Waals surface area contributed by atoms with Gasteiger partial charge in [-0.25, -0.2) is 0 Å². The van der Waals surface area contributed by atoms with Crippen molar-refractivity contribution < 1.29 is 4.74 Å². The summed E-state index contributed by atoms with van der Waals surface area (Å²) in [4.78, 5) is 2.30. The van der Waals surface area contributed by atoms with Gasteiger partial charge >= 0.3 is 0 Å². The van der Waals surface area contributed by atoms with Crippen molar-refractivity contribution in [1.29, 1.82) is 0 Å². The first-order chi connectivity index (χ1) is 9.94. The number of nitrogens with zero attached hydrogens (tertiary/aromatic N) is 1. The van der Waals surface area contributed by atoms with Crippen molar-refractivity contribution in [2.45, 2.75) is 39.8 Å². The first-order valence-electron chi connectivity index (χ1n) is 7.74. The molecular weight excluding hydrogens is 260 g/mol. The van der Waals surface area contributed by atoms with Gasteiger partial charge in [-0.15, -0.1) is 6.58 Å². The smallest absolute Gasteiger partial charge is 0.119 e. The molecule has 0 aliphatic rings. The third-order valence-electron chi connectivity index (χ3n) is 3.26. The van der Waals surface area contributed by atoms with Gasteiger partial charge in [0.2, 0.25) is 0 Å². The van der Waals surface area contributed by atoms with Crippen LogP contribution in [-0.2, 0) is 6.54 Å². The normalized spacial score (nSPS) is 11.7. The molecule has 0 atom stereocenters. The van der Waals surface area contributed by atoms with Gasteiger partial charge in [0.25, 0.3) is 0 Å². The van der Waals surface area contributed by atoms with Crippen LogP contribution in [0, 0.1) is 0 Å². The van der Waals surface area contributed by atoms with E-state index >= 15 is 0 Å². The molecule has 0 aromatic heterocycles. The molecule has 0 saturated carbocycles. The molecule has 3 heteroatoms. The maximum atomic E-state index is 5.79. The van der Waals surface area contributed by atoms with Crippen LogP contribution in [0.1, 0.15) is 33.3 Å². The van der Waals surface area contributed by atoms with Crippen LogP contribution < -0.4 is 10.1 Å². The Labute approximate surface area is 130 Å². The number of hydrogen-bond donors (Lipinski definition) is 1. The largest absolute Gasteiger partial charge is 0.492 e. The van der Waals surface area contributed by atoms with E-state index in [0.29, 0.717) is 6.61 Å². The van der Waals surface area contributed by atoms with Gasteiger partial charge in [-0.2, -0.15) is 0 Å². The van der Waals surface area contributed by atoms with E-state index < -0.39 is 0 Å². The van der Waals surface area contributed by atoms with E-state index in [2.05, 4.69) is 56.6 Å². The molecule has 0 saturated heterocycles. The predicted molar refractivity (Wildman–Crippen MR) is 90.8 cm³/mol. The lowest BCUT2D eigenvalue weighted by Crippen LogP contribution is -2.35. The van der Waals surface area contributed by atoms with E-state index in [1.807, 2.05) is 18.2 Å². The molecule has 1 rings (SSSR count). The summed E-state index contributed by atoms with van der Waals surface area (Å²) in [6.07, 6.45) is 1.93. The summed E-state index contributed by atoms with van der Waals surface area (Å²) in [5.41, 5.74) is 1.42.